The summed E-state index contributed by atoms with van der Waals surface area (Å²) in [5, 5.41) is 2.84. The Morgan fingerprint density at radius 1 is 1.26 bits per heavy atom. The van der Waals surface area contributed by atoms with Crippen molar-refractivity contribution in [2.45, 2.75) is 26.4 Å². The third kappa shape index (κ3) is 7.85. The molecule has 1 rings (SSSR count). The van der Waals surface area contributed by atoms with Crippen LogP contribution in [0.15, 0.2) is 24.3 Å². The van der Waals surface area contributed by atoms with Crippen molar-refractivity contribution >= 4 is 16.1 Å². The number of methoxy groups -OCH3 is 1. The SMILES string of the molecule is COCCN(Cc1ccc(OS(C)(=O)=O)cc1)C(=O)NC(C)C. The summed E-state index contributed by atoms with van der Waals surface area (Å²) in [5.74, 6) is 0.242. The number of amides is 2. The molecule has 0 heterocycles. The molecule has 0 unspecified atom stereocenters. The number of hydrogen-bond acceptors (Lipinski definition) is 5. The van der Waals surface area contributed by atoms with Gasteiger partial charge in [0.15, 0.2) is 0 Å². The lowest BCUT2D eigenvalue weighted by molar-refractivity contribution is 0.145. The lowest BCUT2D eigenvalue weighted by atomic mass is 10.2. The number of carbonyl (C=O) groups is 1. The second kappa shape index (κ2) is 8.73. The van der Waals surface area contributed by atoms with E-state index in [0.717, 1.165) is 11.8 Å². The normalized spacial score (nSPS) is 11.3. The van der Waals surface area contributed by atoms with Crippen LogP contribution in [0, 0.1) is 0 Å². The van der Waals surface area contributed by atoms with Crippen LogP contribution < -0.4 is 9.50 Å². The van der Waals surface area contributed by atoms with E-state index in [4.69, 9.17) is 8.92 Å². The average Bonchev–Trinajstić information content (AvgIpc) is 2.42. The fraction of sp³-hybridized carbons (Fsp3) is 0.533. The Bertz CT molecular complexity index is 599. The van der Waals surface area contributed by atoms with Crippen molar-refractivity contribution in [2.75, 3.05) is 26.5 Å². The highest BCUT2D eigenvalue weighted by molar-refractivity contribution is 7.86. The summed E-state index contributed by atoms with van der Waals surface area (Å²) < 4.78 is 32.0. The molecule has 23 heavy (non-hydrogen) atoms. The number of rotatable bonds is 8. The fourth-order valence-electron chi connectivity index (χ4n) is 1.84. The largest absolute Gasteiger partial charge is 0.383 e. The molecule has 0 atom stereocenters. The van der Waals surface area contributed by atoms with Crippen LogP contribution in [0.4, 0.5) is 4.79 Å². The molecule has 1 aromatic carbocycles. The number of ether oxygens (including phenoxy) is 1. The Kier molecular flexibility index (Phi) is 7.31. The monoisotopic (exact) mass is 344 g/mol. The van der Waals surface area contributed by atoms with Gasteiger partial charge in [-0.1, -0.05) is 12.1 Å². The lowest BCUT2D eigenvalue weighted by Gasteiger charge is -2.24. The molecular formula is C15H24N2O5S. The van der Waals surface area contributed by atoms with Crippen LogP contribution in [-0.2, 0) is 21.4 Å². The topological polar surface area (TPSA) is 84.9 Å². The maximum atomic E-state index is 12.2. The smallest absolute Gasteiger partial charge is 0.317 e. The standard InChI is InChI=1S/C15H24N2O5S/c1-12(2)16-15(18)17(9-10-21-3)11-13-5-7-14(8-6-13)22-23(4,19)20/h5-8,12H,9-11H2,1-4H3,(H,16,18). The quantitative estimate of drug-likeness (QED) is 0.724. The zero-order valence-electron chi connectivity index (χ0n) is 13.9. The van der Waals surface area contributed by atoms with Crippen molar-refractivity contribution in [1.29, 1.82) is 0 Å². The highest BCUT2D eigenvalue weighted by atomic mass is 32.2. The number of urea groups is 1. The molecule has 0 bridgehead atoms. The summed E-state index contributed by atoms with van der Waals surface area (Å²) >= 11 is 0. The molecule has 0 aliphatic heterocycles. The summed E-state index contributed by atoms with van der Waals surface area (Å²) in [5.41, 5.74) is 0.862. The van der Waals surface area contributed by atoms with Gasteiger partial charge in [-0.25, -0.2) is 4.79 Å². The van der Waals surface area contributed by atoms with Crippen molar-refractivity contribution in [2.24, 2.45) is 0 Å². The first kappa shape index (κ1) is 19.2. The molecule has 0 aliphatic rings. The van der Waals surface area contributed by atoms with E-state index >= 15 is 0 Å². The van der Waals surface area contributed by atoms with Crippen molar-refractivity contribution in [3.63, 3.8) is 0 Å². The predicted molar refractivity (Wildman–Crippen MR) is 87.9 cm³/mol. The third-order valence-electron chi connectivity index (χ3n) is 2.81. The highest BCUT2D eigenvalue weighted by Gasteiger charge is 2.14. The molecule has 8 heteroatoms. The summed E-state index contributed by atoms with van der Waals surface area (Å²) in [6.45, 7) is 5.06. The first-order valence-corrected chi connectivity index (χ1v) is 9.05. The van der Waals surface area contributed by atoms with Gasteiger partial charge >= 0.3 is 16.1 Å². The van der Waals surface area contributed by atoms with E-state index in [1.165, 1.54) is 0 Å². The van der Waals surface area contributed by atoms with E-state index in [9.17, 15) is 13.2 Å². The minimum absolute atomic E-state index is 0.0399. The number of nitrogens with zero attached hydrogens (tertiary/aromatic N) is 1. The van der Waals surface area contributed by atoms with Crippen LogP contribution in [0.25, 0.3) is 0 Å². The molecular weight excluding hydrogens is 320 g/mol. The Labute approximate surface area is 137 Å². The number of hydrogen-bond donors (Lipinski definition) is 1. The number of nitrogens with one attached hydrogen (secondary N) is 1. The van der Waals surface area contributed by atoms with Gasteiger partial charge in [0.2, 0.25) is 0 Å². The second-order valence-corrected chi connectivity index (χ2v) is 7.02. The van der Waals surface area contributed by atoms with Crippen LogP contribution in [-0.4, -0.2) is 51.9 Å². The summed E-state index contributed by atoms with van der Waals surface area (Å²) in [4.78, 5) is 13.8. The van der Waals surface area contributed by atoms with E-state index in [-0.39, 0.29) is 17.8 Å². The van der Waals surface area contributed by atoms with Gasteiger partial charge in [-0.15, -0.1) is 0 Å². The Hall–Kier alpha value is -1.80. The molecule has 0 aromatic heterocycles. The lowest BCUT2D eigenvalue weighted by Crippen LogP contribution is -2.43. The maximum absolute atomic E-state index is 12.2. The van der Waals surface area contributed by atoms with Gasteiger partial charge in [-0.05, 0) is 31.5 Å². The van der Waals surface area contributed by atoms with E-state index < -0.39 is 10.1 Å². The van der Waals surface area contributed by atoms with Gasteiger partial charge in [0.1, 0.15) is 5.75 Å². The Morgan fingerprint density at radius 2 is 1.87 bits per heavy atom. The molecule has 0 spiro atoms. The molecule has 1 aromatic rings. The third-order valence-corrected chi connectivity index (χ3v) is 3.30. The first-order valence-electron chi connectivity index (χ1n) is 7.24. The first-order chi connectivity index (χ1) is 10.7. The van der Waals surface area contributed by atoms with Crippen molar-refractivity contribution in [3.8, 4) is 5.75 Å². The van der Waals surface area contributed by atoms with Crippen molar-refractivity contribution in [1.82, 2.24) is 10.2 Å². The molecule has 0 fully saturated rings. The van der Waals surface area contributed by atoms with Gasteiger partial charge in [-0.3, -0.25) is 0 Å². The van der Waals surface area contributed by atoms with E-state index in [1.54, 1.807) is 36.3 Å². The molecule has 0 aliphatic carbocycles. The van der Waals surface area contributed by atoms with Gasteiger partial charge in [0.05, 0.1) is 12.9 Å². The van der Waals surface area contributed by atoms with E-state index in [1.807, 2.05) is 13.8 Å². The number of benzene rings is 1. The molecule has 0 radical (unpaired) electrons. The van der Waals surface area contributed by atoms with Gasteiger partial charge in [0.25, 0.3) is 0 Å². The van der Waals surface area contributed by atoms with Gasteiger partial charge in [0, 0.05) is 26.2 Å². The maximum Gasteiger partial charge on any atom is 0.317 e. The minimum Gasteiger partial charge on any atom is -0.383 e. The highest BCUT2D eigenvalue weighted by Crippen LogP contribution is 2.15. The Balaban J connectivity index is 2.76. The summed E-state index contributed by atoms with van der Waals surface area (Å²) in [7, 11) is -1.96. The molecule has 7 nitrogen and oxygen atoms in total. The van der Waals surface area contributed by atoms with Crippen LogP contribution in [0.2, 0.25) is 0 Å². The van der Waals surface area contributed by atoms with Crippen LogP contribution in [0.3, 0.4) is 0 Å². The van der Waals surface area contributed by atoms with Gasteiger partial charge < -0.3 is 19.1 Å². The van der Waals surface area contributed by atoms with E-state index in [0.29, 0.717) is 19.7 Å². The molecule has 130 valence electrons. The molecule has 2 amide bonds. The van der Waals surface area contributed by atoms with Crippen molar-refractivity contribution in [3.05, 3.63) is 29.8 Å². The summed E-state index contributed by atoms with van der Waals surface area (Å²) in [6.07, 6.45) is 0.990. The minimum atomic E-state index is -3.54. The molecule has 0 saturated carbocycles. The molecule has 1 N–H and O–H groups in total. The number of carbonyl (C=O) groups excluding carboxylic acids is 1. The molecule has 0 saturated heterocycles. The van der Waals surface area contributed by atoms with Gasteiger partial charge in [-0.2, -0.15) is 8.42 Å². The van der Waals surface area contributed by atoms with Crippen LogP contribution in [0.5, 0.6) is 5.75 Å². The van der Waals surface area contributed by atoms with Crippen LogP contribution >= 0.6 is 0 Å². The van der Waals surface area contributed by atoms with Crippen molar-refractivity contribution < 1.29 is 22.1 Å². The Morgan fingerprint density at radius 3 is 2.35 bits per heavy atom. The second-order valence-electron chi connectivity index (χ2n) is 5.45. The fourth-order valence-corrected chi connectivity index (χ4v) is 2.30. The zero-order valence-corrected chi connectivity index (χ0v) is 14.7. The van der Waals surface area contributed by atoms with E-state index in [2.05, 4.69) is 5.32 Å². The average molecular weight is 344 g/mol. The predicted octanol–water partition coefficient (Wildman–Crippen LogP) is 1.59. The zero-order chi connectivity index (χ0) is 17.5. The van der Waals surface area contributed by atoms with Crippen LogP contribution in [0.1, 0.15) is 19.4 Å². The summed E-state index contributed by atoms with van der Waals surface area (Å²) in [6, 6.07) is 6.44.